The van der Waals surface area contributed by atoms with Crippen LogP contribution in [0.5, 0.6) is 0 Å². The molecule has 7 heteroatoms. The zero-order valence-electron chi connectivity index (χ0n) is 13.0. The third kappa shape index (κ3) is 2.96. The van der Waals surface area contributed by atoms with Gasteiger partial charge in [-0.2, -0.15) is 0 Å². The van der Waals surface area contributed by atoms with E-state index in [0.717, 1.165) is 30.2 Å². The first-order chi connectivity index (χ1) is 11.2. The normalized spacial score (nSPS) is 21.4. The summed E-state index contributed by atoms with van der Waals surface area (Å²) in [6.07, 6.45) is 7.15. The van der Waals surface area contributed by atoms with Gasteiger partial charge < -0.3 is 14.6 Å². The second-order valence-electron chi connectivity index (χ2n) is 6.17. The smallest absolute Gasteiger partial charge is 0.257 e. The lowest BCUT2D eigenvalue weighted by molar-refractivity contribution is -0.0265. The molecule has 3 heterocycles. The maximum atomic E-state index is 12.6. The Morgan fingerprint density at radius 3 is 2.70 bits per heavy atom. The first-order valence-corrected chi connectivity index (χ1v) is 7.95. The van der Waals surface area contributed by atoms with Crippen LogP contribution in [0, 0.1) is 6.92 Å². The van der Waals surface area contributed by atoms with Gasteiger partial charge in [0.05, 0.1) is 18.7 Å². The van der Waals surface area contributed by atoms with E-state index < -0.39 is 0 Å². The van der Waals surface area contributed by atoms with Crippen molar-refractivity contribution in [2.24, 2.45) is 0 Å². The van der Waals surface area contributed by atoms with Crippen molar-refractivity contribution in [1.82, 2.24) is 24.8 Å². The Balaban J connectivity index is 1.46. The molecule has 2 aliphatic rings. The summed E-state index contributed by atoms with van der Waals surface area (Å²) in [5.74, 6) is 2.06. The first-order valence-electron chi connectivity index (χ1n) is 7.95. The molecular formula is C16H19N5O2. The monoisotopic (exact) mass is 313 g/mol. The molecular weight excluding hydrogens is 294 g/mol. The molecule has 1 saturated heterocycles. The molecule has 1 saturated carbocycles. The van der Waals surface area contributed by atoms with Crippen LogP contribution in [-0.4, -0.2) is 50.4 Å². The van der Waals surface area contributed by atoms with Crippen LogP contribution in [0.15, 0.2) is 18.6 Å². The average Bonchev–Trinajstić information content (AvgIpc) is 3.36. The number of aromatic nitrogens is 4. The van der Waals surface area contributed by atoms with E-state index in [2.05, 4.69) is 19.9 Å². The molecule has 0 aromatic carbocycles. The molecule has 1 aliphatic carbocycles. The first kappa shape index (κ1) is 14.3. The fraction of sp³-hybridized carbons (Fsp3) is 0.500. The number of morpholine rings is 1. The molecule has 4 rings (SSSR count). The zero-order valence-corrected chi connectivity index (χ0v) is 13.0. The molecule has 7 nitrogen and oxygen atoms in total. The van der Waals surface area contributed by atoms with Crippen LogP contribution < -0.4 is 0 Å². The summed E-state index contributed by atoms with van der Waals surface area (Å²) in [4.78, 5) is 30.5. The third-order valence-corrected chi connectivity index (χ3v) is 4.24. The Hall–Kier alpha value is -2.28. The molecule has 120 valence electrons. The quantitative estimate of drug-likeness (QED) is 0.930. The lowest BCUT2D eigenvalue weighted by atomic mass is 10.2. The minimum Gasteiger partial charge on any atom is -0.367 e. The molecule has 0 bridgehead atoms. The minimum absolute atomic E-state index is 0.0519. The highest BCUT2D eigenvalue weighted by Crippen LogP contribution is 2.37. The van der Waals surface area contributed by atoms with Gasteiger partial charge >= 0.3 is 0 Å². The SMILES string of the molecule is Cc1cnc(C2CN(C(=O)c3cnc(C4CC4)nc3)CCO2)[nH]1. The molecule has 2 aromatic heterocycles. The van der Waals surface area contributed by atoms with E-state index in [4.69, 9.17) is 4.74 Å². The number of nitrogens with one attached hydrogen (secondary N) is 1. The second-order valence-corrected chi connectivity index (χ2v) is 6.17. The van der Waals surface area contributed by atoms with Gasteiger partial charge in [-0.3, -0.25) is 4.79 Å². The van der Waals surface area contributed by atoms with Crippen molar-refractivity contribution < 1.29 is 9.53 Å². The van der Waals surface area contributed by atoms with Gasteiger partial charge in [0.1, 0.15) is 17.8 Å². The highest BCUT2D eigenvalue weighted by Gasteiger charge is 2.29. The Kier molecular flexibility index (Phi) is 3.57. The van der Waals surface area contributed by atoms with Crippen LogP contribution in [0.25, 0.3) is 0 Å². The lowest BCUT2D eigenvalue weighted by Gasteiger charge is -2.32. The van der Waals surface area contributed by atoms with Crippen molar-refractivity contribution in [2.45, 2.75) is 31.8 Å². The summed E-state index contributed by atoms with van der Waals surface area (Å²) in [6, 6.07) is 0. The van der Waals surface area contributed by atoms with E-state index in [-0.39, 0.29) is 12.0 Å². The third-order valence-electron chi connectivity index (χ3n) is 4.24. The zero-order chi connectivity index (χ0) is 15.8. The maximum absolute atomic E-state index is 12.6. The Labute approximate surface area is 134 Å². The maximum Gasteiger partial charge on any atom is 0.257 e. The number of hydrogen-bond acceptors (Lipinski definition) is 5. The van der Waals surface area contributed by atoms with Crippen LogP contribution in [0.4, 0.5) is 0 Å². The van der Waals surface area contributed by atoms with Gasteiger partial charge in [-0.05, 0) is 19.8 Å². The number of amides is 1. The van der Waals surface area contributed by atoms with Crippen molar-refractivity contribution in [2.75, 3.05) is 19.7 Å². The summed E-state index contributed by atoms with van der Waals surface area (Å²) in [5, 5.41) is 0. The Bertz CT molecular complexity index is 708. The van der Waals surface area contributed by atoms with E-state index in [9.17, 15) is 4.79 Å². The highest BCUT2D eigenvalue weighted by atomic mass is 16.5. The van der Waals surface area contributed by atoms with Gasteiger partial charge in [0.2, 0.25) is 0 Å². The van der Waals surface area contributed by atoms with Crippen LogP contribution in [0.3, 0.4) is 0 Å². The highest BCUT2D eigenvalue weighted by molar-refractivity contribution is 5.93. The van der Waals surface area contributed by atoms with E-state index >= 15 is 0 Å². The molecule has 1 atom stereocenters. The van der Waals surface area contributed by atoms with Gasteiger partial charge in [0, 0.05) is 36.7 Å². The largest absolute Gasteiger partial charge is 0.367 e. The van der Waals surface area contributed by atoms with Gasteiger partial charge in [-0.1, -0.05) is 0 Å². The Morgan fingerprint density at radius 2 is 2.04 bits per heavy atom. The van der Waals surface area contributed by atoms with Crippen molar-refractivity contribution in [3.8, 4) is 0 Å². The second kappa shape index (κ2) is 5.73. The van der Waals surface area contributed by atoms with Crippen molar-refractivity contribution >= 4 is 5.91 Å². The summed E-state index contributed by atoms with van der Waals surface area (Å²) in [6.45, 7) is 3.49. The molecule has 2 aromatic rings. The minimum atomic E-state index is -0.215. The number of aryl methyl sites for hydroxylation is 1. The number of aromatic amines is 1. The van der Waals surface area contributed by atoms with E-state index in [1.54, 1.807) is 23.5 Å². The van der Waals surface area contributed by atoms with E-state index in [1.165, 1.54) is 0 Å². The molecule has 0 spiro atoms. The van der Waals surface area contributed by atoms with Gasteiger partial charge in [-0.15, -0.1) is 0 Å². The van der Waals surface area contributed by atoms with Crippen LogP contribution in [-0.2, 0) is 4.74 Å². The predicted octanol–water partition coefficient (Wildman–Crippen LogP) is 1.60. The van der Waals surface area contributed by atoms with E-state index in [0.29, 0.717) is 31.2 Å². The molecule has 2 fully saturated rings. The molecule has 0 radical (unpaired) electrons. The Morgan fingerprint density at radius 1 is 1.26 bits per heavy atom. The fourth-order valence-electron chi connectivity index (χ4n) is 2.78. The molecule has 1 unspecified atom stereocenters. The molecule has 23 heavy (non-hydrogen) atoms. The summed E-state index contributed by atoms with van der Waals surface area (Å²) < 4.78 is 5.73. The lowest BCUT2D eigenvalue weighted by Crippen LogP contribution is -2.42. The van der Waals surface area contributed by atoms with E-state index in [1.807, 2.05) is 6.92 Å². The number of H-pyrrole nitrogens is 1. The van der Waals surface area contributed by atoms with Crippen LogP contribution in [0.2, 0.25) is 0 Å². The van der Waals surface area contributed by atoms with Crippen LogP contribution in [0.1, 0.15) is 52.6 Å². The van der Waals surface area contributed by atoms with Crippen molar-refractivity contribution in [3.63, 3.8) is 0 Å². The number of rotatable bonds is 3. The van der Waals surface area contributed by atoms with Gasteiger partial charge in [-0.25, -0.2) is 15.0 Å². The topological polar surface area (TPSA) is 84.0 Å². The van der Waals surface area contributed by atoms with Gasteiger partial charge in [0.25, 0.3) is 5.91 Å². The van der Waals surface area contributed by atoms with Crippen LogP contribution >= 0.6 is 0 Å². The number of carbonyl (C=O) groups excluding carboxylic acids is 1. The number of imidazole rings is 1. The number of nitrogens with zero attached hydrogens (tertiary/aromatic N) is 4. The standard InChI is InChI=1S/C16H19N5O2/c1-10-6-17-15(20-10)13-9-21(4-5-23-13)16(22)12-7-18-14(19-8-12)11-2-3-11/h6-8,11,13H,2-5,9H2,1H3,(H,17,20). The van der Waals surface area contributed by atoms with Crippen molar-refractivity contribution in [1.29, 1.82) is 0 Å². The van der Waals surface area contributed by atoms with Gasteiger partial charge in [0.15, 0.2) is 0 Å². The van der Waals surface area contributed by atoms with Crippen molar-refractivity contribution in [3.05, 3.63) is 41.5 Å². The number of carbonyl (C=O) groups is 1. The number of ether oxygens (including phenoxy) is 1. The molecule has 1 amide bonds. The fourth-order valence-corrected chi connectivity index (χ4v) is 2.78. The summed E-state index contributed by atoms with van der Waals surface area (Å²) in [7, 11) is 0. The number of hydrogen-bond donors (Lipinski definition) is 1. The predicted molar refractivity (Wildman–Crippen MR) is 81.9 cm³/mol. The average molecular weight is 313 g/mol. The molecule has 1 N–H and O–H groups in total. The summed E-state index contributed by atoms with van der Waals surface area (Å²) >= 11 is 0. The summed E-state index contributed by atoms with van der Waals surface area (Å²) in [5.41, 5.74) is 1.52. The molecule has 1 aliphatic heterocycles.